The molecule has 3 rings (SSSR count). The van der Waals surface area contributed by atoms with Gasteiger partial charge in [-0.05, 0) is 18.2 Å². The number of nitrogens with one attached hydrogen (secondary N) is 3. The van der Waals surface area contributed by atoms with Gasteiger partial charge in [-0.1, -0.05) is 6.07 Å². The molecule has 31 heavy (non-hydrogen) atoms. The average Bonchev–Trinajstić information content (AvgIpc) is 2.73. The Morgan fingerprint density at radius 1 is 0.968 bits per heavy atom. The second-order valence-corrected chi connectivity index (χ2v) is 5.81. The number of carbonyl (C=O) groups is 1. The van der Waals surface area contributed by atoms with Crippen molar-refractivity contribution in [3.05, 3.63) is 86.2 Å². The number of halogens is 2. The highest BCUT2D eigenvalue weighted by Gasteiger charge is 2.24. The SMILES string of the molecule is O=C(NNc1ncnc(Nc2ccc(F)cc2F)c1[N+](=O)[O-])c1cccc([N+](=O)[O-])c1. The molecule has 0 spiro atoms. The molecule has 3 N–H and O–H groups in total. The van der Waals surface area contributed by atoms with Gasteiger partial charge in [-0.2, -0.15) is 0 Å². The number of anilines is 3. The maximum atomic E-state index is 13.9. The molecule has 0 saturated carbocycles. The van der Waals surface area contributed by atoms with Gasteiger partial charge in [-0.25, -0.2) is 18.7 Å². The highest BCUT2D eigenvalue weighted by Crippen LogP contribution is 2.31. The first-order valence-corrected chi connectivity index (χ1v) is 8.28. The first kappa shape index (κ1) is 21.0. The molecule has 0 saturated heterocycles. The van der Waals surface area contributed by atoms with Crippen molar-refractivity contribution in [1.82, 2.24) is 15.4 Å². The van der Waals surface area contributed by atoms with E-state index >= 15 is 0 Å². The van der Waals surface area contributed by atoms with E-state index in [2.05, 4.69) is 26.1 Å². The summed E-state index contributed by atoms with van der Waals surface area (Å²) in [6.45, 7) is 0. The number of rotatable bonds is 7. The summed E-state index contributed by atoms with van der Waals surface area (Å²) in [4.78, 5) is 40.3. The predicted molar refractivity (Wildman–Crippen MR) is 103 cm³/mol. The molecule has 0 bridgehead atoms. The molecular weight excluding hydrogens is 420 g/mol. The van der Waals surface area contributed by atoms with Crippen LogP contribution in [0.5, 0.6) is 0 Å². The minimum Gasteiger partial charge on any atom is -0.332 e. The van der Waals surface area contributed by atoms with Crippen LogP contribution in [-0.2, 0) is 0 Å². The second-order valence-electron chi connectivity index (χ2n) is 5.81. The largest absolute Gasteiger partial charge is 0.355 e. The number of hydrogen-bond acceptors (Lipinski definition) is 9. The fourth-order valence-corrected chi connectivity index (χ4v) is 2.40. The van der Waals surface area contributed by atoms with Crippen molar-refractivity contribution in [2.24, 2.45) is 0 Å². The van der Waals surface area contributed by atoms with Gasteiger partial charge in [0.05, 0.1) is 15.5 Å². The van der Waals surface area contributed by atoms with E-state index in [1.807, 2.05) is 0 Å². The van der Waals surface area contributed by atoms with Gasteiger partial charge >= 0.3 is 5.69 Å². The summed E-state index contributed by atoms with van der Waals surface area (Å²) in [5.41, 5.74) is 2.92. The summed E-state index contributed by atoms with van der Waals surface area (Å²) in [5, 5.41) is 24.7. The number of amides is 1. The van der Waals surface area contributed by atoms with Gasteiger partial charge in [0.25, 0.3) is 11.6 Å². The fraction of sp³-hybridized carbons (Fsp3) is 0. The maximum absolute atomic E-state index is 13.9. The Bertz CT molecular complexity index is 1190. The van der Waals surface area contributed by atoms with Gasteiger partial charge in [0, 0.05) is 23.8 Å². The van der Waals surface area contributed by atoms with E-state index in [-0.39, 0.29) is 16.9 Å². The van der Waals surface area contributed by atoms with Crippen LogP contribution >= 0.6 is 0 Å². The minimum atomic E-state index is -1.01. The molecule has 0 fully saturated rings. The lowest BCUT2D eigenvalue weighted by Gasteiger charge is -2.11. The molecule has 3 aromatic rings. The Morgan fingerprint density at radius 3 is 2.39 bits per heavy atom. The van der Waals surface area contributed by atoms with Crippen LogP contribution < -0.4 is 16.2 Å². The molecule has 14 heteroatoms. The van der Waals surface area contributed by atoms with Gasteiger partial charge < -0.3 is 5.32 Å². The zero-order chi connectivity index (χ0) is 22.5. The van der Waals surface area contributed by atoms with Crippen LogP contribution in [0, 0.1) is 31.9 Å². The third kappa shape index (κ3) is 4.81. The quantitative estimate of drug-likeness (QED) is 0.376. The molecular formula is C17H11F2N7O5. The van der Waals surface area contributed by atoms with Crippen molar-refractivity contribution in [3.63, 3.8) is 0 Å². The molecule has 0 aliphatic heterocycles. The van der Waals surface area contributed by atoms with Crippen LogP contribution in [0.2, 0.25) is 0 Å². The van der Waals surface area contributed by atoms with Gasteiger partial charge in [0.1, 0.15) is 18.0 Å². The first-order chi connectivity index (χ1) is 14.8. The van der Waals surface area contributed by atoms with Crippen LogP contribution in [-0.4, -0.2) is 25.7 Å². The Hall–Kier alpha value is -4.75. The van der Waals surface area contributed by atoms with E-state index in [1.165, 1.54) is 18.2 Å². The predicted octanol–water partition coefficient (Wildman–Crippen LogP) is 3.07. The molecule has 158 valence electrons. The average molecular weight is 431 g/mol. The number of nitro groups is 2. The molecule has 1 heterocycles. The smallest absolute Gasteiger partial charge is 0.332 e. The highest BCUT2D eigenvalue weighted by atomic mass is 19.1. The Labute approximate surface area is 171 Å². The Morgan fingerprint density at radius 2 is 1.71 bits per heavy atom. The summed E-state index contributed by atoms with van der Waals surface area (Å²) in [5.74, 6) is -3.58. The van der Waals surface area contributed by atoms with Crippen molar-refractivity contribution in [2.75, 3.05) is 10.7 Å². The molecule has 1 amide bonds. The summed E-state index contributed by atoms with van der Waals surface area (Å²) in [6, 6.07) is 7.32. The Kier molecular flexibility index (Phi) is 5.90. The van der Waals surface area contributed by atoms with Crippen molar-refractivity contribution < 1.29 is 23.4 Å². The molecule has 0 aliphatic rings. The minimum absolute atomic E-state index is 0.0925. The summed E-state index contributed by atoms with van der Waals surface area (Å²) < 4.78 is 26.9. The standard InChI is InChI=1S/C17H11F2N7O5/c18-10-4-5-13(12(19)7-10)22-15-14(26(30)31)16(21-8-20-15)23-24-17(27)9-2-1-3-11(6-9)25(28)29/h1-8H,(H,24,27)(H2,20,21,22,23). The molecule has 0 atom stereocenters. The van der Waals surface area contributed by atoms with E-state index in [4.69, 9.17) is 0 Å². The lowest BCUT2D eigenvalue weighted by molar-refractivity contribution is -0.384. The molecule has 0 unspecified atom stereocenters. The molecule has 1 aromatic heterocycles. The molecule has 0 aliphatic carbocycles. The maximum Gasteiger partial charge on any atom is 0.355 e. The third-order valence-corrected chi connectivity index (χ3v) is 3.80. The van der Waals surface area contributed by atoms with Gasteiger partial charge in [-0.15, -0.1) is 0 Å². The van der Waals surface area contributed by atoms with E-state index in [0.717, 1.165) is 24.5 Å². The van der Waals surface area contributed by atoms with Crippen molar-refractivity contribution in [1.29, 1.82) is 0 Å². The van der Waals surface area contributed by atoms with Crippen LogP contribution in [0.1, 0.15) is 10.4 Å². The lowest BCUT2D eigenvalue weighted by atomic mass is 10.2. The van der Waals surface area contributed by atoms with Crippen molar-refractivity contribution >= 4 is 34.6 Å². The zero-order valence-electron chi connectivity index (χ0n) is 15.2. The lowest BCUT2D eigenvalue weighted by Crippen LogP contribution is -2.30. The van der Waals surface area contributed by atoms with Crippen molar-refractivity contribution in [2.45, 2.75) is 0 Å². The summed E-state index contributed by atoms with van der Waals surface area (Å²) in [6.07, 6.45) is 0.901. The number of benzene rings is 2. The van der Waals surface area contributed by atoms with E-state index in [1.54, 1.807) is 0 Å². The fourth-order valence-electron chi connectivity index (χ4n) is 2.40. The number of nitrogens with zero attached hydrogens (tertiary/aromatic N) is 4. The van der Waals surface area contributed by atoms with Crippen LogP contribution in [0.25, 0.3) is 0 Å². The van der Waals surface area contributed by atoms with E-state index < -0.39 is 44.7 Å². The number of hydrazine groups is 1. The van der Waals surface area contributed by atoms with Gasteiger partial charge in [0.15, 0.2) is 0 Å². The number of carbonyl (C=O) groups excluding carboxylic acids is 1. The molecule has 0 radical (unpaired) electrons. The topological polar surface area (TPSA) is 165 Å². The number of aromatic nitrogens is 2. The zero-order valence-corrected chi connectivity index (χ0v) is 15.2. The molecule has 12 nitrogen and oxygen atoms in total. The summed E-state index contributed by atoms with van der Waals surface area (Å²) in [7, 11) is 0. The third-order valence-electron chi connectivity index (χ3n) is 3.80. The van der Waals surface area contributed by atoms with Crippen LogP contribution in [0.4, 0.5) is 37.5 Å². The highest BCUT2D eigenvalue weighted by molar-refractivity contribution is 5.95. The number of nitro benzene ring substituents is 1. The van der Waals surface area contributed by atoms with Crippen LogP contribution in [0.3, 0.4) is 0 Å². The second kappa shape index (κ2) is 8.73. The monoisotopic (exact) mass is 431 g/mol. The number of hydrogen-bond donors (Lipinski definition) is 3. The summed E-state index contributed by atoms with van der Waals surface area (Å²) >= 11 is 0. The number of non-ortho nitro benzene ring substituents is 1. The van der Waals surface area contributed by atoms with E-state index in [0.29, 0.717) is 6.07 Å². The molecule has 2 aromatic carbocycles. The van der Waals surface area contributed by atoms with Gasteiger partial charge in [-0.3, -0.25) is 35.9 Å². The van der Waals surface area contributed by atoms with Crippen molar-refractivity contribution in [3.8, 4) is 0 Å². The van der Waals surface area contributed by atoms with E-state index in [9.17, 15) is 33.8 Å². The Balaban J connectivity index is 1.84. The van der Waals surface area contributed by atoms with Gasteiger partial charge in [0.2, 0.25) is 11.6 Å². The first-order valence-electron chi connectivity index (χ1n) is 8.28. The van der Waals surface area contributed by atoms with Crippen LogP contribution in [0.15, 0.2) is 48.8 Å². The normalized spacial score (nSPS) is 10.3.